The first-order valence-electron chi connectivity index (χ1n) is 4.69. The van der Waals surface area contributed by atoms with Gasteiger partial charge in [-0.1, -0.05) is 18.2 Å². The van der Waals surface area contributed by atoms with Gasteiger partial charge in [0.25, 0.3) is 0 Å². The summed E-state index contributed by atoms with van der Waals surface area (Å²) in [4.78, 5) is 10.4. The highest BCUT2D eigenvalue weighted by molar-refractivity contribution is 5.67. The quantitative estimate of drug-likeness (QED) is 0.352. The zero-order valence-corrected chi connectivity index (χ0v) is 8.50. The number of nitrogens with two attached hydrogens (primary N) is 1. The van der Waals surface area contributed by atoms with Crippen LogP contribution in [-0.2, 0) is 4.79 Å². The third-order valence-corrected chi connectivity index (χ3v) is 2.18. The molecule has 0 spiro atoms. The summed E-state index contributed by atoms with van der Waals surface area (Å²) >= 11 is 0. The van der Waals surface area contributed by atoms with Crippen LogP contribution in [-0.4, -0.2) is 27.4 Å². The van der Waals surface area contributed by atoms with Crippen molar-refractivity contribution < 1.29 is 20.1 Å². The van der Waals surface area contributed by atoms with E-state index in [0.717, 1.165) is 0 Å². The fourth-order valence-corrected chi connectivity index (χ4v) is 1.38. The van der Waals surface area contributed by atoms with Gasteiger partial charge >= 0.3 is 5.97 Å². The minimum Gasteiger partial charge on any atom is -0.481 e. The molecule has 0 saturated carbocycles. The molecule has 1 rings (SSSR count). The Balaban J connectivity index is 2.86. The van der Waals surface area contributed by atoms with Gasteiger partial charge in [-0.3, -0.25) is 10.6 Å². The van der Waals surface area contributed by atoms with Gasteiger partial charge in [-0.15, -0.1) is 0 Å². The Labute approximate surface area is 92.3 Å². The lowest BCUT2D eigenvalue weighted by Gasteiger charge is -2.19. The molecule has 1 aromatic rings. The zero-order chi connectivity index (χ0) is 12.1. The number of aliphatic carboxylic acids is 1. The number of carboxylic acid groups (broad SMARTS) is 1. The van der Waals surface area contributed by atoms with E-state index in [4.69, 9.17) is 10.9 Å². The molecule has 6 N–H and O–H groups in total. The van der Waals surface area contributed by atoms with E-state index in [1.54, 1.807) is 24.3 Å². The summed E-state index contributed by atoms with van der Waals surface area (Å²) in [5, 5.41) is 27.7. The number of para-hydroxylation sites is 1. The maximum absolute atomic E-state index is 10.4. The predicted octanol–water partition coefficient (Wildman–Crippen LogP) is -0.159. The van der Waals surface area contributed by atoms with E-state index in [9.17, 15) is 15.0 Å². The largest absolute Gasteiger partial charge is 0.481 e. The van der Waals surface area contributed by atoms with Crippen molar-refractivity contribution in [3.05, 3.63) is 29.8 Å². The molecule has 0 fully saturated rings. The number of nitrogens with one attached hydrogen (secondary N) is 1. The topological polar surface area (TPSA) is 116 Å². The van der Waals surface area contributed by atoms with Gasteiger partial charge in [0, 0.05) is 5.56 Å². The van der Waals surface area contributed by atoms with Gasteiger partial charge in [0.2, 0.25) is 0 Å². The van der Waals surface area contributed by atoms with Crippen LogP contribution in [0, 0.1) is 0 Å². The Kier molecular flexibility index (Phi) is 4.24. The van der Waals surface area contributed by atoms with Gasteiger partial charge in [-0.05, 0) is 6.07 Å². The maximum Gasteiger partial charge on any atom is 0.306 e. The summed E-state index contributed by atoms with van der Waals surface area (Å²) in [5.41, 5.74) is 3.17. The molecule has 0 bridgehead atoms. The number of rotatable bonds is 5. The van der Waals surface area contributed by atoms with Crippen molar-refractivity contribution in [1.82, 2.24) is 0 Å². The smallest absolute Gasteiger partial charge is 0.306 e. The summed E-state index contributed by atoms with van der Waals surface area (Å²) in [6.07, 6.45) is -3.18. The van der Waals surface area contributed by atoms with Crippen molar-refractivity contribution in [2.45, 2.75) is 18.6 Å². The number of hydrazine groups is 1. The van der Waals surface area contributed by atoms with Gasteiger partial charge in [0.05, 0.1) is 18.2 Å². The number of nitrogen functional groups attached to an aromatic ring is 1. The second kappa shape index (κ2) is 5.45. The van der Waals surface area contributed by atoms with Gasteiger partial charge in [0.1, 0.15) is 6.10 Å². The van der Waals surface area contributed by atoms with Gasteiger partial charge in [-0.2, -0.15) is 0 Å². The van der Waals surface area contributed by atoms with Crippen LogP contribution < -0.4 is 11.3 Å². The average Bonchev–Trinajstić information content (AvgIpc) is 2.27. The van der Waals surface area contributed by atoms with Crippen LogP contribution in [0.15, 0.2) is 24.3 Å². The van der Waals surface area contributed by atoms with Gasteiger partial charge in [0.15, 0.2) is 0 Å². The Bertz CT molecular complexity index is 370. The number of anilines is 1. The fourth-order valence-electron chi connectivity index (χ4n) is 1.38. The summed E-state index contributed by atoms with van der Waals surface area (Å²) in [7, 11) is 0. The molecule has 6 heteroatoms. The number of aliphatic hydroxyl groups excluding tert-OH is 2. The maximum atomic E-state index is 10.4. The van der Waals surface area contributed by atoms with E-state index >= 15 is 0 Å². The van der Waals surface area contributed by atoms with Crippen molar-refractivity contribution in [1.29, 1.82) is 0 Å². The Morgan fingerprint density at radius 3 is 2.56 bits per heavy atom. The Morgan fingerprint density at radius 1 is 1.38 bits per heavy atom. The molecule has 0 aliphatic heterocycles. The number of benzene rings is 1. The van der Waals surface area contributed by atoms with Gasteiger partial charge in [-0.25, -0.2) is 0 Å². The number of hydrogen-bond acceptors (Lipinski definition) is 5. The van der Waals surface area contributed by atoms with Crippen LogP contribution in [0.4, 0.5) is 5.69 Å². The van der Waals surface area contributed by atoms with E-state index in [-0.39, 0.29) is 0 Å². The van der Waals surface area contributed by atoms with Crippen LogP contribution >= 0.6 is 0 Å². The highest BCUT2D eigenvalue weighted by atomic mass is 16.4. The third-order valence-electron chi connectivity index (χ3n) is 2.18. The predicted molar refractivity (Wildman–Crippen MR) is 57.5 cm³/mol. The molecular weight excluding hydrogens is 212 g/mol. The highest BCUT2D eigenvalue weighted by Gasteiger charge is 2.22. The van der Waals surface area contributed by atoms with E-state index in [1.807, 2.05) is 0 Å². The molecule has 0 amide bonds. The van der Waals surface area contributed by atoms with E-state index < -0.39 is 24.6 Å². The standard InChI is InChI=1S/C10H14N2O4/c11-12-7-4-2-1-3-6(7)10(16)8(13)5-9(14)15/h1-4,8,10,12-13,16H,5,11H2,(H,14,15). The molecular formula is C10H14N2O4. The van der Waals surface area contributed by atoms with E-state index in [2.05, 4.69) is 5.43 Å². The molecule has 0 aliphatic rings. The number of aliphatic hydroxyl groups is 2. The summed E-state index contributed by atoms with van der Waals surface area (Å²) < 4.78 is 0. The third kappa shape index (κ3) is 2.93. The van der Waals surface area contributed by atoms with E-state index in [1.165, 1.54) is 0 Å². The molecule has 0 heterocycles. The minimum atomic E-state index is -1.37. The van der Waals surface area contributed by atoms with Crippen LogP contribution in [0.2, 0.25) is 0 Å². The lowest BCUT2D eigenvalue weighted by molar-refractivity contribution is -0.141. The molecule has 6 nitrogen and oxygen atoms in total. The lowest BCUT2D eigenvalue weighted by atomic mass is 10.0. The second-order valence-corrected chi connectivity index (χ2v) is 3.34. The Hall–Kier alpha value is -1.63. The minimum absolute atomic E-state index is 0.360. The van der Waals surface area contributed by atoms with Crippen molar-refractivity contribution >= 4 is 11.7 Å². The molecule has 0 radical (unpaired) electrons. The molecule has 16 heavy (non-hydrogen) atoms. The lowest BCUT2D eigenvalue weighted by Crippen LogP contribution is -2.23. The SMILES string of the molecule is NNc1ccccc1C(O)C(O)CC(=O)O. The molecule has 1 aromatic carbocycles. The molecule has 0 aromatic heterocycles. The number of hydrogen-bond donors (Lipinski definition) is 5. The normalized spacial score (nSPS) is 14.2. The molecule has 2 atom stereocenters. The summed E-state index contributed by atoms with van der Waals surface area (Å²) in [5.74, 6) is 4.05. The monoisotopic (exact) mass is 226 g/mol. The second-order valence-electron chi connectivity index (χ2n) is 3.34. The van der Waals surface area contributed by atoms with Crippen LogP contribution in [0.5, 0.6) is 0 Å². The number of carboxylic acids is 1. The van der Waals surface area contributed by atoms with Crippen molar-refractivity contribution in [3.8, 4) is 0 Å². The van der Waals surface area contributed by atoms with Gasteiger partial charge < -0.3 is 20.7 Å². The first-order valence-corrected chi connectivity index (χ1v) is 4.69. The zero-order valence-electron chi connectivity index (χ0n) is 8.50. The Morgan fingerprint density at radius 2 is 2.00 bits per heavy atom. The molecule has 0 saturated heterocycles. The van der Waals surface area contributed by atoms with Crippen LogP contribution in [0.25, 0.3) is 0 Å². The molecule has 0 aliphatic carbocycles. The number of carbonyl (C=O) groups is 1. The summed E-state index contributed by atoms with van der Waals surface area (Å²) in [6.45, 7) is 0. The van der Waals surface area contributed by atoms with Crippen LogP contribution in [0.1, 0.15) is 18.1 Å². The van der Waals surface area contributed by atoms with E-state index in [0.29, 0.717) is 11.3 Å². The first kappa shape index (κ1) is 12.4. The highest BCUT2D eigenvalue weighted by Crippen LogP contribution is 2.25. The van der Waals surface area contributed by atoms with Crippen LogP contribution in [0.3, 0.4) is 0 Å². The molecule has 88 valence electrons. The molecule has 2 unspecified atom stereocenters. The first-order chi connectivity index (χ1) is 7.56. The van der Waals surface area contributed by atoms with Crippen molar-refractivity contribution in [2.75, 3.05) is 5.43 Å². The van der Waals surface area contributed by atoms with Crippen molar-refractivity contribution in [3.63, 3.8) is 0 Å². The average molecular weight is 226 g/mol. The fraction of sp³-hybridized carbons (Fsp3) is 0.300. The summed E-state index contributed by atoms with van der Waals surface area (Å²) in [6, 6.07) is 6.54. The van der Waals surface area contributed by atoms with Crippen molar-refractivity contribution in [2.24, 2.45) is 5.84 Å².